The summed E-state index contributed by atoms with van der Waals surface area (Å²) in [5, 5.41) is 0. The van der Waals surface area contributed by atoms with E-state index in [4.69, 9.17) is 0 Å². The maximum atomic E-state index is 14.0. The van der Waals surface area contributed by atoms with Gasteiger partial charge in [-0.15, -0.1) is 0 Å². The molecule has 1 heterocycles. The molecule has 1 aromatic carbocycles. The van der Waals surface area contributed by atoms with Crippen LogP contribution in [0.4, 0.5) is 8.78 Å². The Morgan fingerprint density at radius 2 is 2.05 bits per heavy atom. The summed E-state index contributed by atoms with van der Waals surface area (Å²) in [6, 6.07) is 1.55. The molecule has 1 saturated heterocycles. The predicted molar refractivity (Wildman–Crippen MR) is 81.3 cm³/mol. The first kappa shape index (κ1) is 16.6. The second kappa shape index (κ2) is 6.56. The molecule has 0 N–H and O–H groups in total. The third-order valence-electron chi connectivity index (χ3n) is 3.60. The molecule has 0 saturated carbocycles. The van der Waals surface area contributed by atoms with Crippen LogP contribution in [0.25, 0.3) is 0 Å². The largest absolute Gasteiger partial charge is 0.335 e. The van der Waals surface area contributed by atoms with E-state index >= 15 is 0 Å². The lowest BCUT2D eigenvalue weighted by Crippen LogP contribution is -2.55. The average Bonchev–Trinajstić information content (AvgIpc) is 2.49. The van der Waals surface area contributed by atoms with E-state index in [1.807, 2.05) is 0 Å². The molecule has 1 aliphatic heterocycles. The zero-order chi connectivity index (χ0) is 16.4. The van der Waals surface area contributed by atoms with Crippen LogP contribution in [-0.2, 0) is 4.79 Å². The van der Waals surface area contributed by atoms with Crippen molar-refractivity contribution in [3.63, 3.8) is 0 Å². The SMILES string of the molecule is C=CC(=O)N1CCN(C(=O)c2cc(F)cc(Br)c2F)[C@@H](C)C1. The Morgan fingerprint density at radius 1 is 1.36 bits per heavy atom. The maximum absolute atomic E-state index is 14.0. The topological polar surface area (TPSA) is 40.6 Å². The Labute approximate surface area is 135 Å². The second-order valence-electron chi connectivity index (χ2n) is 5.09. The fraction of sp³-hybridized carbons (Fsp3) is 0.333. The van der Waals surface area contributed by atoms with Crippen LogP contribution in [0.15, 0.2) is 29.3 Å². The van der Waals surface area contributed by atoms with Gasteiger partial charge >= 0.3 is 0 Å². The Balaban J connectivity index is 2.21. The number of carbonyl (C=O) groups excluding carboxylic acids is 2. The van der Waals surface area contributed by atoms with Gasteiger partial charge in [0.05, 0.1) is 10.0 Å². The molecule has 118 valence electrons. The van der Waals surface area contributed by atoms with Crippen molar-refractivity contribution in [3.05, 3.63) is 46.5 Å². The highest BCUT2D eigenvalue weighted by molar-refractivity contribution is 9.10. The van der Waals surface area contributed by atoms with Gasteiger partial charge in [-0.2, -0.15) is 0 Å². The molecule has 1 atom stereocenters. The van der Waals surface area contributed by atoms with E-state index in [1.165, 1.54) is 11.0 Å². The van der Waals surface area contributed by atoms with Gasteiger partial charge in [-0.3, -0.25) is 9.59 Å². The average molecular weight is 373 g/mol. The van der Waals surface area contributed by atoms with E-state index < -0.39 is 17.5 Å². The summed E-state index contributed by atoms with van der Waals surface area (Å²) in [5.74, 6) is -2.28. The molecule has 0 aliphatic carbocycles. The van der Waals surface area contributed by atoms with Gasteiger partial charge in [-0.1, -0.05) is 6.58 Å². The molecule has 4 nitrogen and oxygen atoms in total. The number of rotatable bonds is 2. The van der Waals surface area contributed by atoms with Crippen LogP contribution in [-0.4, -0.2) is 47.3 Å². The fourth-order valence-corrected chi connectivity index (χ4v) is 2.89. The van der Waals surface area contributed by atoms with Gasteiger partial charge in [0.2, 0.25) is 5.91 Å². The Kier molecular flexibility index (Phi) is 4.95. The standard InChI is InChI=1S/C15H15BrF2N2O2/c1-3-13(21)19-4-5-20(9(2)8-19)15(22)11-6-10(17)7-12(16)14(11)18/h3,6-7,9H,1,4-5,8H2,2H3/t9-/m0/s1. The van der Waals surface area contributed by atoms with Gasteiger partial charge in [0.25, 0.3) is 5.91 Å². The van der Waals surface area contributed by atoms with Crippen LogP contribution in [0.1, 0.15) is 17.3 Å². The van der Waals surface area contributed by atoms with Crippen LogP contribution < -0.4 is 0 Å². The van der Waals surface area contributed by atoms with Gasteiger partial charge < -0.3 is 9.80 Å². The monoisotopic (exact) mass is 372 g/mol. The molecular weight excluding hydrogens is 358 g/mol. The molecule has 0 bridgehead atoms. The van der Waals surface area contributed by atoms with Crippen molar-refractivity contribution < 1.29 is 18.4 Å². The molecule has 7 heteroatoms. The smallest absolute Gasteiger partial charge is 0.257 e. The number of amides is 2. The van der Waals surface area contributed by atoms with E-state index in [1.54, 1.807) is 11.8 Å². The lowest BCUT2D eigenvalue weighted by molar-refractivity contribution is -0.128. The van der Waals surface area contributed by atoms with Crippen molar-refractivity contribution in [1.29, 1.82) is 0 Å². The van der Waals surface area contributed by atoms with Crippen LogP contribution in [0, 0.1) is 11.6 Å². The predicted octanol–water partition coefficient (Wildman–Crippen LogP) is 2.59. The van der Waals surface area contributed by atoms with Crippen molar-refractivity contribution in [2.24, 2.45) is 0 Å². The van der Waals surface area contributed by atoms with Crippen molar-refractivity contribution in [1.82, 2.24) is 9.80 Å². The Morgan fingerprint density at radius 3 is 2.64 bits per heavy atom. The van der Waals surface area contributed by atoms with Crippen LogP contribution >= 0.6 is 15.9 Å². The van der Waals surface area contributed by atoms with Gasteiger partial charge in [0.1, 0.15) is 11.6 Å². The van der Waals surface area contributed by atoms with Gasteiger partial charge in [0.15, 0.2) is 0 Å². The number of piperazine rings is 1. The zero-order valence-electron chi connectivity index (χ0n) is 12.0. The van der Waals surface area contributed by atoms with Crippen LogP contribution in [0.5, 0.6) is 0 Å². The lowest BCUT2D eigenvalue weighted by Gasteiger charge is -2.39. The number of hydrogen-bond donors (Lipinski definition) is 0. The highest BCUT2D eigenvalue weighted by Gasteiger charge is 2.31. The second-order valence-corrected chi connectivity index (χ2v) is 5.94. The van der Waals surface area contributed by atoms with Crippen molar-refractivity contribution in [3.8, 4) is 0 Å². The third kappa shape index (κ3) is 3.19. The van der Waals surface area contributed by atoms with E-state index in [9.17, 15) is 18.4 Å². The number of halogens is 3. The molecule has 1 aromatic rings. The van der Waals surface area contributed by atoms with Crippen LogP contribution in [0.2, 0.25) is 0 Å². The quantitative estimate of drug-likeness (QED) is 0.591. The maximum Gasteiger partial charge on any atom is 0.257 e. The van der Waals surface area contributed by atoms with E-state index in [0.717, 1.165) is 12.1 Å². The minimum atomic E-state index is -0.789. The molecule has 22 heavy (non-hydrogen) atoms. The first-order chi connectivity index (χ1) is 10.3. The number of hydrogen-bond acceptors (Lipinski definition) is 2. The first-order valence-corrected chi connectivity index (χ1v) is 7.51. The summed E-state index contributed by atoms with van der Waals surface area (Å²) in [6.07, 6.45) is 1.22. The Hall–Kier alpha value is -1.76. The summed E-state index contributed by atoms with van der Waals surface area (Å²) in [4.78, 5) is 27.1. The lowest BCUT2D eigenvalue weighted by atomic mass is 10.1. The minimum absolute atomic E-state index is 0.0935. The summed E-state index contributed by atoms with van der Waals surface area (Å²) in [7, 11) is 0. The summed E-state index contributed by atoms with van der Waals surface area (Å²) >= 11 is 2.89. The van der Waals surface area contributed by atoms with Crippen LogP contribution in [0.3, 0.4) is 0 Å². The molecule has 2 amide bonds. The molecule has 0 unspecified atom stereocenters. The van der Waals surface area contributed by atoms with E-state index in [0.29, 0.717) is 13.1 Å². The Bertz CT molecular complexity index is 636. The molecule has 0 radical (unpaired) electrons. The molecular formula is C15H15BrF2N2O2. The van der Waals surface area contributed by atoms with Gasteiger partial charge in [-0.25, -0.2) is 8.78 Å². The zero-order valence-corrected chi connectivity index (χ0v) is 13.6. The molecule has 1 aliphatic rings. The van der Waals surface area contributed by atoms with Crippen molar-refractivity contribution >= 4 is 27.7 Å². The number of nitrogens with zero attached hydrogens (tertiary/aromatic N) is 2. The molecule has 0 aromatic heterocycles. The van der Waals surface area contributed by atoms with E-state index in [2.05, 4.69) is 22.5 Å². The van der Waals surface area contributed by atoms with E-state index in [-0.39, 0.29) is 28.5 Å². The number of benzene rings is 1. The summed E-state index contributed by atoms with van der Waals surface area (Å²) in [6.45, 7) is 6.10. The fourth-order valence-electron chi connectivity index (χ4n) is 2.45. The van der Waals surface area contributed by atoms with Crippen molar-refractivity contribution in [2.75, 3.05) is 19.6 Å². The van der Waals surface area contributed by atoms with Crippen molar-refractivity contribution in [2.45, 2.75) is 13.0 Å². The third-order valence-corrected chi connectivity index (χ3v) is 4.18. The number of carbonyl (C=O) groups is 2. The first-order valence-electron chi connectivity index (χ1n) is 6.72. The molecule has 1 fully saturated rings. The van der Waals surface area contributed by atoms with Gasteiger partial charge in [0, 0.05) is 25.7 Å². The highest BCUT2D eigenvalue weighted by atomic mass is 79.9. The molecule has 2 rings (SSSR count). The van der Waals surface area contributed by atoms with Gasteiger partial charge in [-0.05, 0) is 41.1 Å². The summed E-state index contributed by atoms with van der Waals surface area (Å²) in [5.41, 5.74) is -0.317. The normalized spacial score (nSPS) is 18.3. The molecule has 0 spiro atoms. The minimum Gasteiger partial charge on any atom is -0.335 e. The summed E-state index contributed by atoms with van der Waals surface area (Å²) < 4.78 is 27.4. The highest BCUT2D eigenvalue weighted by Crippen LogP contribution is 2.23.